The molecule has 3 N–H and O–H groups in total. The van der Waals surface area contributed by atoms with E-state index in [1.807, 2.05) is 0 Å². The zero-order valence-corrected chi connectivity index (χ0v) is 11.9. The average molecular weight is 262 g/mol. The molecule has 2 rings (SSSR count). The van der Waals surface area contributed by atoms with E-state index in [0.717, 1.165) is 30.0 Å². The van der Waals surface area contributed by atoms with Gasteiger partial charge in [0.2, 0.25) is 0 Å². The van der Waals surface area contributed by atoms with Gasteiger partial charge in [-0.15, -0.1) is 0 Å². The highest BCUT2D eigenvalue weighted by Gasteiger charge is 2.26. The Labute approximate surface area is 116 Å². The number of hydrogen-bond donors (Lipinski definition) is 2. The third kappa shape index (κ3) is 3.93. The van der Waals surface area contributed by atoms with Crippen LogP contribution in [0, 0.1) is 11.8 Å². The highest BCUT2D eigenvalue weighted by molar-refractivity contribution is 5.44. The van der Waals surface area contributed by atoms with Crippen LogP contribution < -0.4 is 5.73 Å². The van der Waals surface area contributed by atoms with Gasteiger partial charge in [-0.1, -0.05) is 32.6 Å². The standard InChI is InChI=1S/C16H26N2O/c1-2-3-12-4-6-13(7-5-12)16(19)10-14-11-18-9-8-15(14)17/h8-9,11-13,16,19H,2-7,10H2,1H3,(H2,17,18). The summed E-state index contributed by atoms with van der Waals surface area (Å²) in [7, 11) is 0. The van der Waals surface area contributed by atoms with Gasteiger partial charge >= 0.3 is 0 Å². The first-order valence-electron chi connectivity index (χ1n) is 7.57. The van der Waals surface area contributed by atoms with Crippen molar-refractivity contribution in [1.82, 2.24) is 4.98 Å². The van der Waals surface area contributed by atoms with Crippen molar-refractivity contribution in [3.8, 4) is 0 Å². The van der Waals surface area contributed by atoms with Crippen LogP contribution in [-0.2, 0) is 6.42 Å². The number of nitrogens with two attached hydrogens (primary N) is 1. The minimum atomic E-state index is -0.269. The zero-order valence-electron chi connectivity index (χ0n) is 11.9. The zero-order chi connectivity index (χ0) is 13.7. The number of nitrogen functional groups attached to an aromatic ring is 1. The van der Waals surface area contributed by atoms with Gasteiger partial charge in [-0.3, -0.25) is 4.98 Å². The van der Waals surface area contributed by atoms with E-state index in [-0.39, 0.29) is 6.10 Å². The van der Waals surface area contributed by atoms with E-state index in [4.69, 9.17) is 5.73 Å². The summed E-state index contributed by atoms with van der Waals surface area (Å²) >= 11 is 0. The molecule has 1 atom stereocenters. The van der Waals surface area contributed by atoms with Crippen LogP contribution in [0.15, 0.2) is 18.5 Å². The minimum Gasteiger partial charge on any atom is -0.398 e. The van der Waals surface area contributed by atoms with Crippen LogP contribution in [0.3, 0.4) is 0 Å². The summed E-state index contributed by atoms with van der Waals surface area (Å²) in [5.74, 6) is 1.32. The molecule has 0 aromatic carbocycles. The molecular formula is C16H26N2O. The normalized spacial score (nSPS) is 25.2. The fourth-order valence-corrected chi connectivity index (χ4v) is 3.27. The van der Waals surface area contributed by atoms with Crippen molar-refractivity contribution >= 4 is 5.69 Å². The molecule has 0 saturated heterocycles. The summed E-state index contributed by atoms with van der Waals surface area (Å²) in [6.45, 7) is 2.26. The van der Waals surface area contributed by atoms with Gasteiger partial charge in [0, 0.05) is 24.5 Å². The van der Waals surface area contributed by atoms with E-state index in [9.17, 15) is 5.11 Å². The molecule has 3 heteroatoms. The van der Waals surface area contributed by atoms with E-state index in [1.54, 1.807) is 18.5 Å². The van der Waals surface area contributed by atoms with E-state index in [0.29, 0.717) is 12.3 Å². The molecule has 1 aromatic rings. The van der Waals surface area contributed by atoms with Crippen molar-refractivity contribution in [2.45, 2.75) is 58.0 Å². The Bertz CT molecular complexity index is 386. The van der Waals surface area contributed by atoms with Gasteiger partial charge in [0.15, 0.2) is 0 Å². The predicted molar refractivity (Wildman–Crippen MR) is 78.7 cm³/mol. The van der Waals surface area contributed by atoms with Crippen molar-refractivity contribution < 1.29 is 5.11 Å². The molecule has 106 valence electrons. The monoisotopic (exact) mass is 262 g/mol. The molecule has 1 fully saturated rings. The van der Waals surface area contributed by atoms with E-state index in [2.05, 4.69) is 11.9 Å². The molecule has 1 aliphatic rings. The minimum absolute atomic E-state index is 0.269. The third-order valence-corrected chi connectivity index (χ3v) is 4.50. The first-order chi connectivity index (χ1) is 9.20. The lowest BCUT2D eigenvalue weighted by atomic mass is 9.77. The van der Waals surface area contributed by atoms with Crippen LogP contribution in [0.4, 0.5) is 5.69 Å². The van der Waals surface area contributed by atoms with Crippen LogP contribution >= 0.6 is 0 Å². The lowest BCUT2D eigenvalue weighted by molar-refractivity contribution is 0.0729. The van der Waals surface area contributed by atoms with E-state index in [1.165, 1.54) is 25.7 Å². The molecule has 0 aliphatic heterocycles. The van der Waals surface area contributed by atoms with Crippen LogP contribution in [0.25, 0.3) is 0 Å². The molecule has 1 aromatic heterocycles. The molecule has 0 bridgehead atoms. The fourth-order valence-electron chi connectivity index (χ4n) is 3.27. The van der Waals surface area contributed by atoms with Gasteiger partial charge in [-0.2, -0.15) is 0 Å². The second-order valence-electron chi connectivity index (χ2n) is 5.92. The number of pyridine rings is 1. The maximum absolute atomic E-state index is 10.4. The molecule has 1 aliphatic carbocycles. The van der Waals surface area contributed by atoms with Gasteiger partial charge in [0.25, 0.3) is 0 Å². The molecule has 0 spiro atoms. The number of hydrogen-bond acceptors (Lipinski definition) is 3. The third-order valence-electron chi connectivity index (χ3n) is 4.50. The van der Waals surface area contributed by atoms with Crippen LogP contribution in [-0.4, -0.2) is 16.2 Å². The number of nitrogens with zero attached hydrogens (tertiary/aromatic N) is 1. The summed E-state index contributed by atoms with van der Waals surface area (Å²) in [4.78, 5) is 4.09. The van der Waals surface area contributed by atoms with Gasteiger partial charge < -0.3 is 10.8 Å². The average Bonchev–Trinajstić information content (AvgIpc) is 2.42. The molecule has 1 unspecified atom stereocenters. The Balaban J connectivity index is 1.85. The highest BCUT2D eigenvalue weighted by Crippen LogP contribution is 2.34. The van der Waals surface area contributed by atoms with Crippen LogP contribution in [0.5, 0.6) is 0 Å². The first-order valence-corrected chi connectivity index (χ1v) is 7.57. The maximum atomic E-state index is 10.4. The number of aromatic nitrogens is 1. The topological polar surface area (TPSA) is 59.1 Å². The van der Waals surface area contributed by atoms with Gasteiger partial charge in [-0.05, 0) is 36.3 Å². The second kappa shape index (κ2) is 6.90. The summed E-state index contributed by atoms with van der Waals surface area (Å²) < 4.78 is 0. The van der Waals surface area contributed by atoms with Crippen LogP contribution in [0.1, 0.15) is 51.0 Å². The number of rotatable bonds is 5. The molecule has 1 heterocycles. The van der Waals surface area contributed by atoms with Crippen LogP contribution in [0.2, 0.25) is 0 Å². The number of aliphatic hydroxyl groups excluding tert-OH is 1. The fraction of sp³-hybridized carbons (Fsp3) is 0.688. The molecule has 3 nitrogen and oxygen atoms in total. The molecule has 0 radical (unpaired) electrons. The lowest BCUT2D eigenvalue weighted by Gasteiger charge is -2.31. The van der Waals surface area contributed by atoms with Crippen molar-refractivity contribution in [3.63, 3.8) is 0 Å². The smallest absolute Gasteiger partial charge is 0.0610 e. The van der Waals surface area contributed by atoms with Crippen molar-refractivity contribution in [1.29, 1.82) is 0 Å². The van der Waals surface area contributed by atoms with E-state index >= 15 is 0 Å². The molecular weight excluding hydrogens is 236 g/mol. The maximum Gasteiger partial charge on any atom is 0.0610 e. The van der Waals surface area contributed by atoms with E-state index < -0.39 is 0 Å². The Kier molecular flexibility index (Phi) is 5.20. The quantitative estimate of drug-likeness (QED) is 0.857. The van der Waals surface area contributed by atoms with Gasteiger partial charge in [-0.25, -0.2) is 0 Å². The Hall–Kier alpha value is -1.09. The van der Waals surface area contributed by atoms with Crippen molar-refractivity contribution in [2.24, 2.45) is 11.8 Å². The summed E-state index contributed by atoms with van der Waals surface area (Å²) in [5, 5.41) is 10.4. The predicted octanol–water partition coefficient (Wildman–Crippen LogP) is 3.17. The van der Waals surface area contributed by atoms with Crippen molar-refractivity contribution in [3.05, 3.63) is 24.0 Å². The van der Waals surface area contributed by atoms with Gasteiger partial charge in [0.05, 0.1) is 6.10 Å². The Morgan fingerprint density at radius 2 is 2.11 bits per heavy atom. The molecule has 1 saturated carbocycles. The van der Waals surface area contributed by atoms with Crippen molar-refractivity contribution in [2.75, 3.05) is 5.73 Å². The number of aliphatic hydroxyl groups is 1. The molecule has 19 heavy (non-hydrogen) atoms. The largest absolute Gasteiger partial charge is 0.398 e. The Morgan fingerprint density at radius 1 is 1.37 bits per heavy atom. The summed E-state index contributed by atoms with van der Waals surface area (Å²) in [6.07, 6.45) is 11.3. The first kappa shape index (κ1) is 14.3. The Morgan fingerprint density at radius 3 is 2.74 bits per heavy atom. The number of anilines is 1. The van der Waals surface area contributed by atoms with Gasteiger partial charge in [0.1, 0.15) is 0 Å². The summed E-state index contributed by atoms with van der Waals surface area (Å²) in [5.41, 5.74) is 7.63. The molecule has 0 amide bonds. The second-order valence-corrected chi connectivity index (χ2v) is 5.92. The SMILES string of the molecule is CCCC1CCC(C(O)Cc2cnccc2N)CC1. The lowest BCUT2D eigenvalue weighted by Crippen LogP contribution is -2.27. The highest BCUT2D eigenvalue weighted by atomic mass is 16.3. The summed E-state index contributed by atoms with van der Waals surface area (Å²) in [6, 6.07) is 1.81.